The van der Waals surface area contributed by atoms with Crippen molar-refractivity contribution in [3.63, 3.8) is 0 Å². The van der Waals surface area contributed by atoms with Gasteiger partial charge in [-0.25, -0.2) is 0 Å². The van der Waals surface area contributed by atoms with E-state index >= 15 is 0 Å². The molecule has 0 saturated carbocycles. The molecule has 0 aromatic heterocycles. The number of rotatable bonds is 0. The van der Waals surface area contributed by atoms with Gasteiger partial charge in [0.25, 0.3) is 0 Å². The Balaban J connectivity index is 2.27. The molecule has 1 aliphatic carbocycles. The molecule has 0 unspecified atom stereocenters. The molecule has 0 aliphatic heterocycles. The van der Waals surface area contributed by atoms with Gasteiger partial charge in [0, 0.05) is 11.1 Å². The lowest BCUT2D eigenvalue weighted by Gasteiger charge is -2.21. The summed E-state index contributed by atoms with van der Waals surface area (Å²) in [6, 6.07) is 20.6. The second-order valence-electron chi connectivity index (χ2n) is 4.82. The van der Waals surface area contributed by atoms with E-state index < -0.39 is 0 Å². The summed E-state index contributed by atoms with van der Waals surface area (Å²) in [6.07, 6.45) is 1.94. The van der Waals surface area contributed by atoms with Gasteiger partial charge in [-0.15, -0.1) is 0 Å². The van der Waals surface area contributed by atoms with Crippen LogP contribution in [0.3, 0.4) is 0 Å². The molecule has 0 bridgehead atoms. The molecule has 0 heterocycles. The van der Waals surface area contributed by atoms with Crippen LogP contribution < -0.4 is 0 Å². The van der Waals surface area contributed by atoms with Crippen LogP contribution in [-0.4, -0.2) is 5.71 Å². The van der Waals surface area contributed by atoms with Crippen LogP contribution in [0.1, 0.15) is 11.1 Å². The third kappa shape index (κ3) is 1.35. The second kappa shape index (κ2) is 4.04. The van der Waals surface area contributed by atoms with Gasteiger partial charge >= 0.3 is 0 Å². The zero-order chi connectivity index (χ0) is 13.5. The first-order chi connectivity index (χ1) is 9.90. The zero-order valence-corrected chi connectivity index (χ0v) is 10.7. The Labute approximate surface area is 116 Å². The average Bonchev–Trinajstić information content (AvgIpc) is 2.51. The number of hydrogen-bond acceptors (Lipinski definition) is 2. The Hall–Kier alpha value is -2.92. The lowest BCUT2D eigenvalue weighted by atomic mass is 9.82. The molecule has 0 atom stereocenters. The fourth-order valence-electron chi connectivity index (χ4n) is 3.00. The summed E-state index contributed by atoms with van der Waals surface area (Å²) < 4.78 is 0. The maximum absolute atomic E-state index is 9.01. The van der Waals surface area contributed by atoms with Gasteiger partial charge in [0.05, 0.1) is 5.71 Å². The Kier molecular flexibility index (Phi) is 2.21. The van der Waals surface area contributed by atoms with Gasteiger partial charge in [-0.3, -0.25) is 0 Å². The number of nitrogens with zero attached hydrogens (tertiary/aromatic N) is 2. The predicted octanol–water partition coefficient (Wildman–Crippen LogP) is 4.14. The van der Waals surface area contributed by atoms with Crippen LogP contribution in [0.15, 0.2) is 65.7 Å². The van der Waals surface area contributed by atoms with Crippen molar-refractivity contribution in [3.8, 4) is 17.3 Å². The van der Waals surface area contributed by atoms with E-state index in [1.165, 1.54) is 16.3 Å². The fourth-order valence-corrected chi connectivity index (χ4v) is 3.00. The molecule has 92 valence electrons. The molecule has 0 fully saturated rings. The summed E-state index contributed by atoms with van der Waals surface area (Å²) in [5.74, 6) is 0. The van der Waals surface area contributed by atoms with Crippen LogP contribution in [-0.2, 0) is 0 Å². The normalized spacial score (nSPS) is 14.1. The minimum Gasteiger partial charge on any atom is -0.172 e. The van der Waals surface area contributed by atoms with Gasteiger partial charge in [0.15, 0.2) is 0 Å². The van der Waals surface area contributed by atoms with Crippen LogP contribution in [0, 0.1) is 11.5 Å². The molecule has 2 heteroatoms. The molecule has 0 amide bonds. The summed E-state index contributed by atoms with van der Waals surface area (Å²) in [4.78, 5) is 4.07. The van der Waals surface area contributed by atoms with Crippen molar-refractivity contribution >= 4 is 16.5 Å². The summed E-state index contributed by atoms with van der Waals surface area (Å²) in [6.45, 7) is 0. The standard InChI is InChI=1S/C18H10N2/c19-11-20-18-15-8-2-1-7-13(15)14-9-3-5-12-6-4-10-16(18)17(12)14/h1-10H. The number of fused-ring (bicyclic) bond motifs is 2. The zero-order valence-electron chi connectivity index (χ0n) is 10.7. The van der Waals surface area contributed by atoms with Gasteiger partial charge in [-0.1, -0.05) is 60.7 Å². The molecule has 0 spiro atoms. The van der Waals surface area contributed by atoms with E-state index in [0.717, 1.165) is 22.4 Å². The molecule has 4 rings (SSSR count). The van der Waals surface area contributed by atoms with Crippen molar-refractivity contribution in [1.29, 1.82) is 5.26 Å². The van der Waals surface area contributed by atoms with Gasteiger partial charge in [-0.2, -0.15) is 10.3 Å². The second-order valence-corrected chi connectivity index (χ2v) is 4.82. The SMILES string of the molecule is N#CN=C1c2ccccc2-c2cccc3cccc1c23. The maximum Gasteiger partial charge on any atom is 0.206 e. The molecule has 3 aromatic carbocycles. The summed E-state index contributed by atoms with van der Waals surface area (Å²) in [5, 5.41) is 11.4. The number of hydrogen-bond donors (Lipinski definition) is 0. The highest BCUT2D eigenvalue weighted by atomic mass is 14.7. The number of benzene rings is 3. The number of nitriles is 1. The van der Waals surface area contributed by atoms with E-state index in [1.807, 2.05) is 36.5 Å². The molecule has 1 aliphatic rings. The van der Waals surface area contributed by atoms with Gasteiger partial charge in [0.2, 0.25) is 6.19 Å². The van der Waals surface area contributed by atoms with Crippen molar-refractivity contribution < 1.29 is 0 Å². The highest BCUT2D eigenvalue weighted by Gasteiger charge is 2.22. The van der Waals surface area contributed by atoms with Crippen molar-refractivity contribution in [2.45, 2.75) is 0 Å². The lowest BCUT2D eigenvalue weighted by Crippen LogP contribution is -2.10. The minimum atomic E-state index is 0.771. The van der Waals surface area contributed by atoms with Crippen LogP contribution in [0.4, 0.5) is 0 Å². The summed E-state index contributed by atoms with van der Waals surface area (Å²) in [5.41, 5.74) is 5.20. The highest BCUT2D eigenvalue weighted by Crippen LogP contribution is 2.39. The maximum atomic E-state index is 9.01. The number of aliphatic imine (C=N–C) groups is 1. The van der Waals surface area contributed by atoms with E-state index in [9.17, 15) is 0 Å². The van der Waals surface area contributed by atoms with E-state index in [4.69, 9.17) is 5.26 Å². The third-order valence-electron chi connectivity index (χ3n) is 3.79. The van der Waals surface area contributed by atoms with Crippen LogP contribution >= 0.6 is 0 Å². The average molecular weight is 254 g/mol. The van der Waals surface area contributed by atoms with E-state index in [2.05, 4.69) is 35.3 Å². The Morgan fingerprint density at radius 1 is 0.700 bits per heavy atom. The topological polar surface area (TPSA) is 36.1 Å². The lowest BCUT2D eigenvalue weighted by molar-refractivity contribution is 1.42. The molecule has 0 N–H and O–H groups in total. The van der Waals surface area contributed by atoms with Gasteiger partial charge in [0.1, 0.15) is 0 Å². The molecule has 3 aromatic rings. The van der Waals surface area contributed by atoms with Crippen molar-refractivity contribution in [2.75, 3.05) is 0 Å². The predicted molar refractivity (Wildman–Crippen MR) is 80.6 cm³/mol. The smallest absolute Gasteiger partial charge is 0.172 e. The first-order valence-electron chi connectivity index (χ1n) is 6.49. The molecule has 2 nitrogen and oxygen atoms in total. The quantitative estimate of drug-likeness (QED) is 0.434. The minimum absolute atomic E-state index is 0.771. The van der Waals surface area contributed by atoms with E-state index in [1.54, 1.807) is 0 Å². The van der Waals surface area contributed by atoms with Crippen LogP contribution in [0.2, 0.25) is 0 Å². The van der Waals surface area contributed by atoms with Crippen LogP contribution in [0.5, 0.6) is 0 Å². The van der Waals surface area contributed by atoms with Gasteiger partial charge in [-0.05, 0) is 21.9 Å². The fraction of sp³-hybridized carbons (Fsp3) is 0. The Bertz CT molecular complexity index is 909. The van der Waals surface area contributed by atoms with E-state index in [-0.39, 0.29) is 0 Å². The first-order valence-corrected chi connectivity index (χ1v) is 6.49. The molecule has 20 heavy (non-hydrogen) atoms. The highest BCUT2D eigenvalue weighted by molar-refractivity contribution is 6.28. The third-order valence-corrected chi connectivity index (χ3v) is 3.79. The molecular formula is C18H10N2. The Morgan fingerprint density at radius 2 is 1.35 bits per heavy atom. The largest absolute Gasteiger partial charge is 0.206 e. The summed E-state index contributed by atoms with van der Waals surface area (Å²) in [7, 11) is 0. The van der Waals surface area contributed by atoms with Crippen molar-refractivity contribution in [1.82, 2.24) is 0 Å². The van der Waals surface area contributed by atoms with Crippen molar-refractivity contribution in [2.24, 2.45) is 4.99 Å². The summed E-state index contributed by atoms with van der Waals surface area (Å²) >= 11 is 0. The van der Waals surface area contributed by atoms with Crippen LogP contribution in [0.25, 0.3) is 21.9 Å². The van der Waals surface area contributed by atoms with Crippen molar-refractivity contribution in [3.05, 3.63) is 71.8 Å². The molecule has 0 radical (unpaired) electrons. The first kappa shape index (κ1) is 11.0. The monoisotopic (exact) mass is 254 g/mol. The molecular weight excluding hydrogens is 244 g/mol. The van der Waals surface area contributed by atoms with E-state index in [0.29, 0.717) is 0 Å². The Morgan fingerprint density at radius 3 is 2.10 bits per heavy atom. The van der Waals surface area contributed by atoms with Gasteiger partial charge < -0.3 is 0 Å². The molecule has 0 saturated heterocycles.